The molecule has 1 saturated heterocycles. The first-order chi connectivity index (χ1) is 13.0. The number of carbonyl (C=O) groups is 2. The minimum Gasteiger partial charge on any atom is -0.423 e. The minimum atomic E-state index is -0.437. The van der Waals surface area contributed by atoms with Crippen LogP contribution in [0.1, 0.15) is 12.5 Å². The number of anilines is 1. The topological polar surface area (TPSA) is 49.9 Å². The van der Waals surface area contributed by atoms with Crippen molar-refractivity contribution in [3.8, 4) is 5.75 Å². The number of esters is 1. The molecule has 1 fully saturated rings. The van der Waals surface area contributed by atoms with E-state index in [0.717, 1.165) is 37.4 Å². The number of nitrogens with zero attached hydrogens (tertiary/aromatic N) is 2. The molecule has 3 rings (SSSR count). The first-order valence-corrected chi connectivity index (χ1v) is 9.15. The van der Waals surface area contributed by atoms with E-state index in [1.54, 1.807) is 37.3 Å². The Morgan fingerprint density at radius 1 is 0.963 bits per heavy atom. The fourth-order valence-electron chi connectivity index (χ4n) is 2.89. The van der Waals surface area contributed by atoms with Crippen LogP contribution in [0.3, 0.4) is 0 Å². The molecule has 0 N–H and O–H groups in total. The summed E-state index contributed by atoms with van der Waals surface area (Å²) in [4.78, 5) is 27.4. The number of rotatable bonds is 4. The molecule has 6 heteroatoms. The normalized spacial score (nSPS) is 14.4. The molecule has 0 radical (unpaired) electrons. The van der Waals surface area contributed by atoms with E-state index in [2.05, 4.69) is 4.90 Å². The van der Waals surface area contributed by atoms with Crippen molar-refractivity contribution in [3.05, 3.63) is 65.2 Å². The Labute approximate surface area is 163 Å². The molecule has 0 bridgehead atoms. The number of piperazine rings is 1. The molecule has 1 aliphatic heterocycles. The molecule has 27 heavy (non-hydrogen) atoms. The maximum atomic E-state index is 12.0. The number of carbonyl (C=O) groups excluding carboxylic acids is 2. The van der Waals surface area contributed by atoms with E-state index in [-0.39, 0.29) is 5.91 Å². The first-order valence-electron chi connectivity index (χ1n) is 8.77. The molecule has 0 atom stereocenters. The maximum absolute atomic E-state index is 12.0. The fourth-order valence-corrected chi connectivity index (χ4v) is 3.02. The van der Waals surface area contributed by atoms with Crippen molar-refractivity contribution >= 4 is 35.2 Å². The Hall–Kier alpha value is -2.79. The van der Waals surface area contributed by atoms with Gasteiger partial charge in [-0.2, -0.15) is 0 Å². The van der Waals surface area contributed by atoms with Gasteiger partial charge in [0.05, 0.1) is 0 Å². The van der Waals surface area contributed by atoms with Gasteiger partial charge in [-0.3, -0.25) is 4.79 Å². The zero-order valence-corrected chi connectivity index (χ0v) is 15.9. The average Bonchev–Trinajstić information content (AvgIpc) is 2.68. The van der Waals surface area contributed by atoms with Crippen LogP contribution in [-0.2, 0) is 9.59 Å². The Bertz CT molecular complexity index is 824. The summed E-state index contributed by atoms with van der Waals surface area (Å²) in [5, 5.41) is 0.650. The zero-order chi connectivity index (χ0) is 19.2. The summed E-state index contributed by atoms with van der Waals surface area (Å²) in [6, 6.07) is 14.6. The third kappa shape index (κ3) is 5.34. The van der Waals surface area contributed by atoms with Crippen LogP contribution in [-0.4, -0.2) is 43.0 Å². The number of benzene rings is 2. The van der Waals surface area contributed by atoms with Gasteiger partial charge >= 0.3 is 5.97 Å². The Balaban J connectivity index is 1.53. The summed E-state index contributed by atoms with van der Waals surface area (Å²) >= 11 is 5.84. The van der Waals surface area contributed by atoms with Gasteiger partial charge in [0.2, 0.25) is 5.91 Å². The lowest BCUT2D eigenvalue weighted by atomic mass is 10.2. The SMILES string of the molecule is CC(=O)N1CCN(c2ccc(OC(=O)/C=C/c3ccc(Cl)cc3)cc2)CC1. The van der Waals surface area contributed by atoms with Crippen LogP contribution < -0.4 is 9.64 Å². The number of halogens is 1. The minimum absolute atomic E-state index is 0.114. The molecular weight excluding hydrogens is 364 g/mol. The molecule has 2 aromatic rings. The number of ether oxygens (including phenoxy) is 1. The Morgan fingerprint density at radius 2 is 1.59 bits per heavy atom. The van der Waals surface area contributed by atoms with E-state index in [1.165, 1.54) is 6.08 Å². The highest BCUT2D eigenvalue weighted by atomic mass is 35.5. The van der Waals surface area contributed by atoms with Gasteiger partial charge in [0, 0.05) is 49.9 Å². The molecule has 1 heterocycles. The predicted octanol–water partition coefficient (Wildman–Crippen LogP) is 3.63. The predicted molar refractivity (Wildman–Crippen MR) is 107 cm³/mol. The summed E-state index contributed by atoms with van der Waals surface area (Å²) in [6.07, 6.45) is 3.07. The van der Waals surface area contributed by atoms with E-state index in [9.17, 15) is 9.59 Å². The lowest BCUT2D eigenvalue weighted by Gasteiger charge is -2.35. The number of hydrogen-bond donors (Lipinski definition) is 0. The van der Waals surface area contributed by atoms with Crippen molar-refractivity contribution in [2.24, 2.45) is 0 Å². The molecule has 1 aliphatic rings. The van der Waals surface area contributed by atoms with Gasteiger partial charge < -0.3 is 14.5 Å². The van der Waals surface area contributed by atoms with Crippen molar-refractivity contribution in [1.29, 1.82) is 0 Å². The second-order valence-corrected chi connectivity index (χ2v) is 6.73. The van der Waals surface area contributed by atoms with Crippen LogP contribution >= 0.6 is 11.6 Å². The Morgan fingerprint density at radius 3 is 2.19 bits per heavy atom. The highest BCUT2D eigenvalue weighted by molar-refractivity contribution is 6.30. The molecule has 0 unspecified atom stereocenters. The Kier molecular flexibility index (Phi) is 6.14. The summed E-state index contributed by atoms with van der Waals surface area (Å²) in [7, 11) is 0. The molecule has 0 saturated carbocycles. The third-order valence-corrected chi connectivity index (χ3v) is 4.68. The first kappa shape index (κ1) is 19.0. The van der Waals surface area contributed by atoms with Crippen molar-refractivity contribution in [2.75, 3.05) is 31.1 Å². The van der Waals surface area contributed by atoms with Crippen LogP contribution in [0.5, 0.6) is 5.75 Å². The average molecular weight is 385 g/mol. The van der Waals surface area contributed by atoms with Gasteiger partial charge in [-0.25, -0.2) is 4.79 Å². The van der Waals surface area contributed by atoms with E-state index in [1.807, 2.05) is 29.2 Å². The standard InChI is InChI=1S/C21H21ClN2O3/c1-16(25)23-12-14-24(15-13-23)19-7-9-20(10-8-19)27-21(26)11-4-17-2-5-18(22)6-3-17/h2-11H,12-15H2,1H3/b11-4+. The van der Waals surface area contributed by atoms with Gasteiger partial charge in [-0.05, 0) is 48.0 Å². The third-order valence-electron chi connectivity index (χ3n) is 4.43. The van der Waals surface area contributed by atoms with Crippen LogP contribution in [0.4, 0.5) is 5.69 Å². The van der Waals surface area contributed by atoms with Gasteiger partial charge in [-0.1, -0.05) is 23.7 Å². The van der Waals surface area contributed by atoms with Crippen molar-refractivity contribution in [3.63, 3.8) is 0 Å². The maximum Gasteiger partial charge on any atom is 0.336 e. The second-order valence-electron chi connectivity index (χ2n) is 6.29. The molecule has 1 amide bonds. The number of amides is 1. The van der Waals surface area contributed by atoms with Crippen LogP contribution in [0.2, 0.25) is 5.02 Å². The van der Waals surface area contributed by atoms with Crippen molar-refractivity contribution in [2.45, 2.75) is 6.92 Å². The van der Waals surface area contributed by atoms with Gasteiger partial charge in [0.25, 0.3) is 0 Å². The van der Waals surface area contributed by atoms with Crippen molar-refractivity contribution in [1.82, 2.24) is 4.90 Å². The molecule has 0 aliphatic carbocycles. The monoisotopic (exact) mass is 384 g/mol. The van der Waals surface area contributed by atoms with Gasteiger partial charge in [0.15, 0.2) is 0 Å². The quantitative estimate of drug-likeness (QED) is 0.459. The molecule has 5 nitrogen and oxygen atoms in total. The van der Waals surface area contributed by atoms with Crippen LogP contribution in [0.15, 0.2) is 54.6 Å². The largest absolute Gasteiger partial charge is 0.423 e. The zero-order valence-electron chi connectivity index (χ0n) is 15.1. The van der Waals surface area contributed by atoms with Crippen molar-refractivity contribution < 1.29 is 14.3 Å². The van der Waals surface area contributed by atoms with E-state index < -0.39 is 5.97 Å². The highest BCUT2D eigenvalue weighted by Crippen LogP contribution is 2.21. The summed E-state index contributed by atoms with van der Waals surface area (Å²) in [5.41, 5.74) is 1.92. The van der Waals surface area contributed by atoms with E-state index >= 15 is 0 Å². The summed E-state index contributed by atoms with van der Waals surface area (Å²) in [5.74, 6) is 0.170. The fraction of sp³-hybridized carbons (Fsp3) is 0.238. The van der Waals surface area contributed by atoms with E-state index in [4.69, 9.17) is 16.3 Å². The molecule has 0 spiro atoms. The molecule has 2 aromatic carbocycles. The number of hydrogen-bond acceptors (Lipinski definition) is 4. The second kappa shape index (κ2) is 8.73. The molecule has 0 aromatic heterocycles. The molecule has 140 valence electrons. The van der Waals surface area contributed by atoms with Gasteiger partial charge in [-0.15, -0.1) is 0 Å². The lowest BCUT2D eigenvalue weighted by molar-refractivity contribution is -0.129. The smallest absolute Gasteiger partial charge is 0.336 e. The summed E-state index contributed by atoms with van der Waals surface area (Å²) in [6.45, 7) is 4.63. The van der Waals surface area contributed by atoms with Crippen LogP contribution in [0.25, 0.3) is 6.08 Å². The molecular formula is C21H21ClN2O3. The van der Waals surface area contributed by atoms with E-state index in [0.29, 0.717) is 10.8 Å². The highest BCUT2D eigenvalue weighted by Gasteiger charge is 2.18. The van der Waals surface area contributed by atoms with Gasteiger partial charge in [0.1, 0.15) is 5.75 Å². The lowest BCUT2D eigenvalue weighted by Crippen LogP contribution is -2.48. The summed E-state index contributed by atoms with van der Waals surface area (Å²) < 4.78 is 5.33. The van der Waals surface area contributed by atoms with Crippen LogP contribution in [0, 0.1) is 0 Å².